The molecule has 2 amide bonds. The number of hydrogen-bond donors (Lipinski definition) is 2. The fourth-order valence-electron chi connectivity index (χ4n) is 1.54. The number of amides is 2. The largest absolute Gasteiger partial charge is 0.355 e. The molecule has 5 heteroatoms. The van der Waals surface area contributed by atoms with Gasteiger partial charge >= 0.3 is 0 Å². The fraction of sp³-hybridized carbons (Fsp3) is 0.800. The summed E-state index contributed by atoms with van der Waals surface area (Å²) in [6.07, 6.45) is 0.292. The molecule has 1 atom stereocenters. The van der Waals surface area contributed by atoms with Crippen LogP contribution in [0.2, 0.25) is 0 Å². The molecule has 1 fully saturated rings. The van der Waals surface area contributed by atoms with Gasteiger partial charge in [0, 0.05) is 26.1 Å². The lowest BCUT2D eigenvalue weighted by molar-refractivity contribution is -0.131. The van der Waals surface area contributed by atoms with Crippen LogP contribution in [0.15, 0.2) is 0 Å². The zero-order valence-corrected chi connectivity index (χ0v) is 9.59. The normalized spacial score (nSPS) is 25.5. The molecule has 5 nitrogen and oxygen atoms in total. The van der Waals surface area contributed by atoms with Crippen molar-refractivity contribution in [3.8, 4) is 0 Å². The molecule has 1 rings (SSSR count). The van der Waals surface area contributed by atoms with Gasteiger partial charge in [0.1, 0.15) is 0 Å². The van der Waals surface area contributed by atoms with Gasteiger partial charge in [-0.3, -0.25) is 9.59 Å². The summed E-state index contributed by atoms with van der Waals surface area (Å²) in [7, 11) is 3.91. The van der Waals surface area contributed by atoms with Crippen molar-refractivity contribution in [2.24, 2.45) is 5.41 Å². The highest BCUT2D eigenvalue weighted by Crippen LogP contribution is 2.25. The lowest BCUT2D eigenvalue weighted by atomic mass is 9.88. The van der Waals surface area contributed by atoms with E-state index in [4.69, 9.17) is 0 Å². The molecule has 0 radical (unpaired) electrons. The molecule has 0 spiro atoms. The zero-order chi connectivity index (χ0) is 11.5. The molecule has 0 saturated carbocycles. The highest BCUT2D eigenvalue weighted by Gasteiger charge is 2.40. The quantitative estimate of drug-likeness (QED) is 0.642. The summed E-state index contributed by atoms with van der Waals surface area (Å²) in [5.74, 6) is -0.0806. The van der Waals surface area contributed by atoms with Gasteiger partial charge in [-0.15, -0.1) is 0 Å². The van der Waals surface area contributed by atoms with Crippen molar-refractivity contribution in [3.05, 3.63) is 0 Å². The Hall–Kier alpha value is -1.10. The Kier molecular flexibility index (Phi) is 3.68. The van der Waals surface area contributed by atoms with E-state index in [1.54, 1.807) is 0 Å². The van der Waals surface area contributed by atoms with Gasteiger partial charge in [0.2, 0.25) is 11.8 Å². The Morgan fingerprint density at radius 2 is 2.27 bits per heavy atom. The number of carbonyl (C=O) groups is 2. The van der Waals surface area contributed by atoms with E-state index < -0.39 is 5.41 Å². The van der Waals surface area contributed by atoms with Crippen LogP contribution in [0.3, 0.4) is 0 Å². The molecular formula is C10H19N3O2. The van der Waals surface area contributed by atoms with E-state index in [-0.39, 0.29) is 11.8 Å². The van der Waals surface area contributed by atoms with E-state index >= 15 is 0 Å². The lowest BCUT2D eigenvalue weighted by Crippen LogP contribution is -2.42. The number of nitrogens with zero attached hydrogens (tertiary/aromatic N) is 1. The first-order chi connectivity index (χ1) is 6.94. The number of carbonyl (C=O) groups excluding carboxylic acids is 2. The van der Waals surface area contributed by atoms with Crippen LogP contribution in [-0.2, 0) is 9.59 Å². The van der Waals surface area contributed by atoms with E-state index in [1.165, 1.54) is 0 Å². The molecule has 15 heavy (non-hydrogen) atoms. The molecule has 86 valence electrons. The Balaban J connectivity index is 2.36. The van der Waals surface area contributed by atoms with Gasteiger partial charge in [-0.25, -0.2) is 0 Å². The van der Waals surface area contributed by atoms with Gasteiger partial charge in [-0.05, 0) is 21.0 Å². The van der Waals surface area contributed by atoms with Crippen molar-refractivity contribution in [1.29, 1.82) is 0 Å². The summed E-state index contributed by atoms with van der Waals surface area (Å²) in [5.41, 5.74) is -0.566. The molecule has 0 aromatic heterocycles. The molecule has 1 aliphatic heterocycles. The van der Waals surface area contributed by atoms with Crippen LogP contribution in [0.4, 0.5) is 0 Å². The predicted molar refractivity (Wildman–Crippen MR) is 57.3 cm³/mol. The Bertz CT molecular complexity index is 265. The summed E-state index contributed by atoms with van der Waals surface area (Å²) >= 11 is 0. The van der Waals surface area contributed by atoms with Gasteiger partial charge in [0.15, 0.2) is 0 Å². The van der Waals surface area contributed by atoms with Crippen LogP contribution in [0, 0.1) is 5.41 Å². The summed E-state index contributed by atoms with van der Waals surface area (Å²) in [5, 5.41) is 5.52. The van der Waals surface area contributed by atoms with Crippen LogP contribution in [-0.4, -0.2) is 50.4 Å². The minimum atomic E-state index is -0.566. The molecule has 1 saturated heterocycles. The molecule has 1 aliphatic rings. The average Bonchev–Trinajstić information content (AvgIpc) is 2.47. The third-order valence-electron chi connectivity index (χ3n) is 2.62. The molecule has 1 heterocycles. The molecule has 0 bridgehead atoms. The standard InChI is InChI=1S/C10H19N3O2/c1-10(6-8(14)12-7-10)9(15)11-4-5-13(2)3/h4-7H2,1-3H3,(H,11,15)(H,12,14). The van der Waals surface area contributed by atoms with E-state index in [2.05, 4.69) is 10.6 Å². The van der Waals surface area contributed by atoms with Crippen LogP contribution < -0.4 is 10.6 Å². The number of likely N-dealkylation sites (N-methyl/N-ethyl adjacent to an activating group) is 1. The second-order valence-electron chi connectivity index (χ2n) is 4.57. The summed E-state index contributed by atoms with van der Waals surface area (Å²) in [6, 6.07) is 0. The van der Waals surface area contributed by atoms with Gasteiger partial charge in [0.05, 0.1) is 5.41 Å². The minimum Gasteiger partial charge on any atom is -0.355 e. The zero-order valence-electron chi connectivity index (χ0n) is 9.59. The first kappa shape index (κ1) is 12.0. The number of rotatable bonds is 4. The van der Waals surface area contributed by atoms with E-state index in [9.17, 15) is 9.59 Å². The maximum absolute atomic E-state index is 11.8. The van der Waals surface area contributed by atoms with Crippen LogP contribution >= 0.6 is 0 Å². The van der Waals surface area contributed by atoms with Gasteiger partial charge < -0.3 is 15.5 Å². The first-order valence-electron chi connectivity index (χ1n) is 5.14. The molecule has 0 aromatic carbocycles. The smallest absolute Gasteiger partial charge is 0.228 e. The van der Waals surface area contributed by atoms with Crippen molar-refractivity contribution >= 4 is 11.8 Å². The second-order valence-corrected chi connectivity index (χ2v) is 4.57. The van der Waals surface area contributed by atoms with E-state index in [0.717, 1.165) is 6.54 Å². The van der Waals surface area contributed by atoms with Gasteiger partial charge in [-0.2, -0.15) is 0 Å². The average molecular weight is 213 g/mol. The minimum absolute atomic E-state index is 0.0392. The predicted octanol–water partition coefficient (Wildman–Crippen LogP) is -0.810. The van der Waals surface area contributed by atoms with Crippen LogP contribution in [0.5, 0.6) is 0 Å². The van der Waals surface area contributed by atoms with Crippen molar-refractivity contribution in [2.75, 3.05) is 33.7 Å². The van der Waals surface area contributed by atoms with Crippen LogP contribution in [0.25, 0.3) is 0 Å². The van der Waals surface area contributed by atoms with E-state index in [0.29, 0.717) is 19.5 Å². The Labute approximate surface area is 90.2 Å². The molecule has 1 unspecified atom stereocenters. The fourth-order valence-corrected chi connectivity index (χ4v) is 1.54. The van der Waals surface area contributed by atoms with E-state index in [1.807, 2.05) is 25.9 Å². The van der Waals surface area contributed by atoms with Crippen molar-refractivity contribution in [1.82, 2.24) is 15.5 Å². The van der Waals surface area contributed by atoms with Crippen LogP contribution in [0.1, 0.15) is 13.3 Å². The topological polar surface area (TPSA) is 61.4 Å². The lowest BCUT2D eigenvalue weighted by Gasteiger charge is -2.21. The van der Waals surface area contributed by atoms with Crippen molar-refractivity contribution < 1.29 is 9.59 Å². The third-order valence-corrected chi connectivity index (χ3v) is 2.62. The summed E-state index contributed by atoms with van der Waals surface area (Å²) < 4.78 is 0. The number of hydrogen-bond acceptors (Lipinski definition) is 3. The monoisotopic (exact) mass is 213 g/mol. The molecule has 0 aliphatic carbocycles. The number of nitrogens with one attached hydrogen (secondary N) is 2. The highest BCUT2D eigenvalue weighted by atomic mass is 16.2. The highest BCUT2D eigenvalue weighted by molar-refractivity contribution is 5.92. The second kappa shape index (κ2) is 4.61. The molecule has 2 N–H and O–H groups in total. The van der Waals surface area contributed by atoms with Gasteiger partial charge in [-0.1, -0.05) is 0 Å². The van der Waals surface area contributed by atoms with Gasteiger partial charge in [0.25, 0.3) is 0 Å². The summed E-state index contributed by atoms with van der Waals surface area (Å²) in [4.78, 5) is 24.8. The Morgan fingerprint density at radius 3 is 2.73 bits per heavy atom. The third kappa shape index (κ3) is 3.20. The first-order valence-corrected chi connectivity index (χ1v) is 5.14. The van der Waals surface area contributed by atoms with Crippen molar-refractivity contribution in [3.63, 3.8) is 0 Å². The maximum Gasteiger partial charge on any atom is 0.228 e. The SMILES string of the molecule is CN(C)CCNC(=O)C1(C)CNC(=O)C1. The summed E-state index contributed by atoms with van der Waals surface area (Å²) in [6.45, 7) is 3.69. The van der Waals surface area contributed by atoms with Crippen molar-refractivity contribution in [2.45, 2.75) is 13.3 Å². The molecular weight excluding hydrogens is 194 g/mol. The molecule has 0 aromatic rings. The maximum atomic E-state index is 11.8. The Morgan fingerprint density at radius 1 is 1.60 bits per heavy atom.